The van der Waals surface area contributed by atoms with Crippen LogP contribution in [0.5, 0.6) is 0 Å². The first-order valence-electron chi connectivity index (χ1n) is 2.89. The molecule has 0 aromatic rings. The number of aliphatic hydroxyl groups excluding tert-OH is 1. The largest absolute Gasteiger partial charge is 0.511 e. The second-order valence-corrected chi connectivity index (χ2v) is 1.69. The van der Waals surface area contributed by atoms with Gasteiger partial charge in [-0.3, -0.25) is 0 Å². The van der Waals surface area contributed by atoms with Crippen LogP contribution in [0, 0.1) is 0 Å². The van der Waals surface area contributed by atoms with Crippen LogP contribution in [0.15, 0.2) is 11.8 Å². The maximum Gasteiger partial charge on any atom is 0.102 e. The molecule has 8 heavy (non-hydrogen) atoms. The van der Waals surface area contributed by atoms with E-state index in [2.05, 4.69) is 6.92 Å². The van der Waals surface area contributed by atoms with Gasteiger partial charge in [0.05, 0.1) is 6.54 Å². The fraction of sp³-hybridized carbons (Fsp3) is 0.667. The molecule has 0 unspecified atom stereocenters. The smallest absolute Gasteiger partial charge is 0.102 e. The number of rotatable bonds is 3. The quantitative estimate of drug-likeness (QED) is 0.543. The topological polar surface area (TPSA) is 46.2 Å². The first-order chi connectivity index (χ1) is 3.81. The average Bonchev–Trinajstić information content (AvgIpc) is 1.83. The zero-order chi connectivity index (χ0) is 6.41. The number of allylic oxidation sites excluding steroid dienone is 1. The lowest BCUT2D eigenvalue weighted by atomic mass is 10.3. The van der Waals surface area contributed by atoms with Gasteiger partial charge in [-0.2, -0.15) is 0 Å². The Morgan fingerprint density at radius 1 is 1.75 bits per heavy atom. The van der Waals surface area contributed by atoms with Crippen molar-refractivity contribution < 1.29 is 5.11 Å². The summed E-state index contributed by atoms with van der Waals surface area (Å²) in [6, 6.07) is 0. The normalized spacial score (nSPS) is 12.0. The van der Waals surface area contributed by atoms with E-state index in [-0.39, 0.29) is 6.54 Å². The van der Waals surface area contributed by atoms with Crippen LogP contribution in [0.1, 0.15) is 19.8 Å². The van der Waals surface area contributed by atoms with Crippen molar-refractivity contribution in [2.75, 3.05) is 6.54 Å². The number of unbranched alkanes of at least 4 members (excludes halogenated alkanes) is 1. The van der Waals surface area contributed by atoms with Crippen LogP contribution in [0.2, 0.25) is 0 Å². The van der Waals surface area contributed by atoms with Crippen LogP contribution in [-0.2, 0) is 0 Å². The van der Waals surface area contributed by atoms with Crippen molar-refractivity contribution >= 4 is 0 Å². The molecule has 0 rings (SSSR count). The van der Waals surface area contributed by atoms with Crippen molar-refractivity contribution in [1.29, 1.82) is 0 Å². The van der Waals surface area contributed by atoms with E-state index in [1.165, 1.54) is 0 Å². The van der Waals surface area contributed by atoms with Gasteiger partial charge in [-0.25, -0.2) is 0 Å². The molecule has 3 N–H and O–H groups in total. The highest BCUT2D eigenvalue weighted by Crippen LogP contribution is 1.91. The minimum atomic E-state index is 0.264. The van der Waals surface area contributed by atoms with Gasteiger partial charge in [0.1, 0.15) is 5.76 Å². The molecule has 48 valence electrons. The maximum atomic E-state index is 8.73. The van der Waals surface area contributed by atoms with E-state index in [9.17, 15) is 0 Å². The van der Waals surface area contributed by atoms with Crippen LogP contribution in [0.4, 0.5) is 0 Å². The third-order valence-electron chi connectivity index (χ3n) is 0.878. The molecule has 0 bridgehead atoms. The minimum absolute atomic E-state index is 0.264. The first-order valence-corrected chi connectivity index (χ1v) is 2.89. The number of aliphatic hydroxyl groups is 1. The van der Waals surface area contributed by atoms with Crippen LogP contribution in [0.25, 0.3) is 0 Å². The zero-order valence-electron chi connectivity index (χ0n) is 5.22. The second-order valence-electron chi connectivity index (χ2n) is 1.69. The van der Waals surface area contributed by atoms with Gasteiger partial charge in [-0.05, 0) is 12.5 Å². The molecule has 0 aliphatic carbocycles. The van der Waals surface area contributed by atoms with Gasteiger partial charge in [0.2, 0.25) is 0 Å². The van der Waals surface area contributed by atoms with Crippen LogP contribution in [-0.4, -0.2) is 11.7 Å². The van der Waals surface area contributed by atoms with Crippen molar-refractivity contribution in [3.8, 4) is 0 Å². The van der Waals surface area contributed by atoms with Gasteiger partial charge in [0, 0.05) is 0 Å². The summed E-state index contributed by atoms with van der Waals surface area (Å²) in [6.45, 7) is 2.32. The van der Waals surface area contributed by atoms with Crippen molar-refractivity contribution in [3.63, 3.8) is 0 Å². The third kappa shape index (κ3) is 3.68. The monoisotopic (exact) mass is 115 g/mol. The molecule has 0 heterocycles. The van der Waals surface area contributed by atoms with Gasteiger partial charge in [-0.15, -0.1) is 0 Å². The molecule has 0 radical (unpaired) electrons. The number of nitrogens with two attached hydrogens (primary N) is 1. The summed E-state index contributed by atoms with van der Waals surface area (Å²) in [6.07, 6.45) is 3.73. The maximum absolute atomic E-state index is 8.73. The zero-order valence-corrected chi connectivity index (χ0v) is 5.22. The molecule has 0 amide bonds. The van der Waals surface area contributed by atoms with Gasteiger partial charge < -0.3 is 10.8 Å². The minimum Gasteiger partial charge on any atom is -0.511 e. The molecule has 0 saturated carbocycles. The van der Waals surface area contributed by atoms with E-state index in [1.54, 1.807) is 6.08 Å². The van der Waals surface area contributed by atoms with E-state index in [0.29, 0.717) is 5.76 Å². The fourth-order valence-electron chi connectivity index (χ4n) is 0.394. The molecular weight excluding hydrogens is 102 g/mol. The lowest BCUT2D eigenvalue weighted by Crippen LogP contribution is -2.01. The SMILES string of the molecule is CCCC=C(O)CN. The predicted molar refractivity (Wildman–Crippen MR) is 34.7 cm³/mol. The summed E-state index contributed by atoms with van der Waals surface area (Å²) in [5.41, 5.74) is 5.09. The average molecular weight is 115 g/mol. The van der Waals surface area contributed by atoms with Gasteiger partial charge in [0.15, 0.2) is 0 Å². The Kier molecular flexibility index (Phi) is 4.36. The van der Waals surface area contributed by atoms with Crippen LogP contribution < -0.4 is 5.73 Å². The van der Waals surface area contributed by atoms with Crippen molar-refractivity contribution in [3.05, 3.63) is 11.8 Å². The molecule has 0 spiro atoms. The van der Waals surface area contributed by atoms with Crippen molar-refractivity contribution in [2.45, 2.75) is 19.8 Å². The number of hydrogen-bond acceptors (Lipinski definition) is 2. The summed E-state index contributed by atoms with van der Waals surface area (Å²) in [4.78, 5) is 0. The molecule has 0 saturated heterocycles. The summed E-state index contributed by atoms with van der Waals surface area (Å²) < 4.78 is 0. The molecule has 2 nitrogen and oxygen atoms in total. The second kappa shape index (κ2) is 4.65. The highest BCUT2D eigenvalue weighted by molar-refractivity contribution is 4.91. The Morgan fingerprint density at radius 2 is 2.38 bits per heavy atom. The molecule has 0 aromatic heterocycles. The first kappa shape index (κ1) is 7.50. The van der Waals surface area contributed by atoms with Crippen LogP contribution in [0.3, 0.4) is 0 Å². The molecule has 0 aromatic carbocycles. The van der Waals surface area contributed by atoms with Crippen molar-refractivity contribution in [2.24, 2.45) is 5.73 Å². The van der Waals surface area contributed by atoms with E-state index in [0.717, 1.165) is 12.8 Å². The third-order valence-corrected chi connectivity index (χ3v) is 0.878. The predicted octanol–water partition coefficient (Wildman–Crippen LogP) is 1.19. The van der Waals surface area contributed by atoms with Gasteiger partial charge >= 0.3 is 0 Å². The summed E-state index contributed by atoms with van der Waals surface area (Å²) in [5.74, 6) is 0.298. The highest BCUT2D eigenvalue weighted by Gasteiger charge is 1.82. The van der Waals surface area contributed by atoms with Gasteiger partial charge in [-0.1, -0.05) is 13.3 Å². The molecule has 0 atom stereocenters. The summed E-state index contributed by atoms with van der Waals surface area (Å²) in [7, 11) is 0. The highest BCUT2D eigenvalue weighted by atomic mass is 16.3. The van der Waals surface area contributed by atoms with Crippen molar-refractivity contribution in [1.82, 2.24) is 0 Å². The van der Waals surface area contributed by atoms with E-state index < -0.39 is 0 Å². The van der Waals surface area contributed by atoms with Gasteiger partial charge in [0.25, 0.3) is 0 Å². The number of hydrogen-bond donors (Lipinski definition) is 2. The summed E-state index contributed by atoms with van der Waals surface area (Å²) in [5, 5.41) is 8.73. The molecule has 0 fully saturated rings. The summed E-state index contributed by atoms with van der Waals surface area (Å²) >= 11 is 0. The molecule has 0 aliphatic heterocycles. The van der Waals surface area contributed by atoms with Crippen LogP contribution >= 0.6 is 0 Å². The van der Waals surface area contributed by atoms with E-state index in [1.807, 2.05) is 0 Å². The Labute approximate surface area is 50.0 Å². The Morgan fingerprint density at radius 3 is 2.75 bits per heavy atom. The lowest BCUT2D eigenvalue weighted by molar-refractivity contribution is 0.400. The Bertz CT molecular complexity index is 78.6. The fourth-order valence-corrected chi connectivity index (χ4v) is 0.394. The molecule has 2 heteroatoms. The Balaban J connectivity index is 3.26. The van der Waals surface area contributed by atoms with E-state index in [4.69, 9.17) is 10.8 Å². The lowest BCUT2D eigenvalue weighted by Gasteiger charge is -1.90. The molecule has 0 aliphatic rings. The molecular formula is C6H13NO. The van der Waals surface area contributed by atoms with E-state index >= 15 is 0 Å². The Hall–Kier alpha value is -0.500. The standard InChI is InChI=1S/C6H13NO/c1-2-3-4-6(8)5-7/h4,8H,2-3,5,7H2,1H3.